The molecule has 0 amide bonds. The molecule has 3 nitrogen and oxygen atoms in total. The van der Waals surface area contributed by atoms with Crippen molar-refractivity contribution in [2.24, 2.45) is 0 Å². The quantitative estimate of drug-likeness (QED) is 0.307. The van der Waals surface area contributed by atoms with Gasteiger partial charge in [0.05, 0.1) is 0 Å². The molecule has 0 bridgehead atoms. The van der Waals surface area contributed by atoms with Crippen molar-refractivity contribution in [1.29, 1.82) is 0 Å². The molecule has 25 heavy (non-hydrogen) atoms. The summed E-state index contributed by atoms with van der Waals surface area (Å²) in [5, 5.41) is 0. The van der Waals surface area contributed by atoms with Crippen LogP contribution in [0.15, 0.2) is 12.1 Å². The van der Waals surface area contributed by atoms with Gasteiger partial charge < -0.3 is 4.74 Å². The van der Waals surface area contributed by atoms with Gasteiger partial charge >= 0.3 is 5.97 Å². The summed E-state index contributed by atoms with van der Waals surface area (Å²) in [4.78, 5) is 23.1. The largest absolute Gasteiger partial charge is 0.424 e. The number of ketones is 1. The van der Waals surface area contributed by atoms with Gasteiger partial charge in [0.15, 0.2) is 10.7 Å². The first-order valence-electron chi connectivity index (χ1n) is 8.72. The van der Waals surface area contributed by atoms with Crippen LogP contribution in [0.1, 0.15) is 78.5 Å². The minimum absolute atomic E-state index is 0.182. The zero-order valence-electron chi connectivity index (χ0n) is 17.0. The number of esters is 1. The third-order valence-corrected chi connectivity index (χ3v) is 4.64. The molecule has 1 atom stereocenters. The summed E-state index contributed by atoms with van der Waals surface area (Å²) in [7, 11) is 0. The van der Waals surface area contributed by atoms with Gasteiger partial charge in [-0.3, -0.25) is 4.79 Å². The third kappa shape index (κ3) is 4.84. The van der Waals surface area contributed by atoms with E-state index in [1.54, 1.807) is 6.92 Å². The van der Waals surface area contributed by atoms with Crippen LogP contribution >= 0.6 is 11.6 Å². The lowest BCUT2D eigenvalue weighted by Gasteiger charge is -2.31. The molecule has 1 unspecified atom stereocenters. The second-order valence-electron chi connectivity index (χ2n) is 8.86. The SMILES string of the molecule is CCC(=O)C(C)(Cl)C(=O)Oc1c(C(C)(C)C)cc(C)cc1C(C)(C)C. The Balaban J connectivity index is 3.57. The van der Waals surface area contributed by atoms with Crippen LogP contribution in [0.4, 0.5) is 0 Å². The van der Waals surface area contributed by atoms with Crippen molar-refractivity contribution in [3.05, 3.63) is 28.8 Å². The first-order chi connectivity index (χ1) is 11.1. The fraction of sp³-hybridized carbons (Fsp3) is 0.619. The molecule has 1 aromatic carbocycles. The van der Waals surface area contributed by atoms with Crippen molar-refractivity contribution >= 4 is 23.4 Å². The number of hydrogen-bond acceptors (Lipinski definition) is 3. The van der Waals surface area contributed by atoms with Gasteiger partial charge in [-0.25, -0.2) is 4.79 Å². The Bertz CT molecular complexity index is 638. The number of hydrogen-bond donors (Lipinski definition) is 0. The number of ether oxygens (including phenoxy) is 1. The van der Waals surface area contributed by atoms with Gasteiger partial charge in [-0.2, -0.15) is 0 Å². The minimum atomic E-state index is -1.68. The van der Waals surface area contributed by atoms with Crippen LogP contribution in [0, 0.1) is 6.92 Å². The van der Waals surface area contributed by atoms with E-state index in [9.17, 15) is 9.59 Å². The van der Waals surface area contributed by atoms with Crippen LogP contribution in [-0.2, 0) is 20.4 Å². The van der Waals surface area contributed by atoms with E-state index in [-0.39, 0.29) is 23.0 Å². The first-order valence-corrected chi connectivity index (χ1v) is 9.10. The van der Waals surface area contributed by atoms with Gasteiger partial charge in [0, 0.05) is 17.5 Å². The van der Waals surface area contributed by atoms with E-state index < -0.39 is 10.8 Å². The lowest BCUT2D eigenvalue weighted by atomic mass is 9.78. The second-order valence-corrected chi connectivity index (χ2v) is 9.61. The highest BCUT2D eigenvalue weighted by atomic mass is 35.5. The lowest BCUT2D eigenvalue weighted by molar-refractivity contribution is -0.141. The molecule has 0 aromatic heterocycles. The molecule has 0 N–H and O–H groups in total. The molecule has 0 saturated heterocycles. The minimum Gasteiger partial charge on any atom is -0.424 e. The first kappa shape index (κ1) is 21.7. The van der Waals surface area contributed by atoms with Gasteiger partial charge in [0.1, 0.15) is 5.75 Å². The number of aryl methyl sites for hydroxylation is 1. The van der Waals surface area contributed by atoms with Crippen LogP contribution in [0.25, 0.3) is 0 Å². The summed E-state index contributed by atoms with van der Waals surface area (Å²) in [6.07, 6.45) is 0.182. The summed E-state index contributed by atoms with van der Waals surface area (Å²) < 4.78 is 5.78. The number of carbonyl (C=O) groups excluding carboxylic acids is 2. The number of alkyl halides is 1. The van der Waals surface area contributed by atoms with E-state index in [2.05, 4.69) is 41.5 Å². The average molecular weight is 367 g/mol. The zero-order valence-corrected chi connectivity index (χ0v) is 17.7. The van der Waals surface area contributed by atoms with Gasteiger partial charge in [0.2, 0.25) is 0 Å². The number of rotatable bonds is 4. The summed E-state index contributed by atoms with van der Waals surface area (Å²) in [5.74, 6) is -0.548. The van der Waals surface area contributed by atoms with Crippen LogP contribution < -0.4 is 4.74 Å². The van der Waals surface area contributed by atoms with Crippen LogP contribution in [0.2, 0.25) is 0 Å². The highest BCUT2D eigenvalue weighted by molar-refractivity contribution is 6.45. The highest BCUT2D eigenvalue weighted by Gasteiger charge is 2.41. The van der Waals surface area contributed by atoms with Gasteiger partial charge in [0.25, 0.3) is 0 Å². The Morgan fingerprint density at radius 1 is 0.960 bits per heavy atom. The molecule has 0 aliphatic heterocycles. The van der Waals surface area contributed by atoms with E-state index in [0.29, 0.717) is 5.75 Å². The summed E-state index contributed by atoms with van der Waals surface area (Å²) in [6, 6.07) is 4.07. The molecule has 1 aromatic rings. The molecule has 140 valence electrons. The molecular weight excluding hydrogens is 336 g/mol. The molecule has 0 heterocycles. The van der Waals surface area contributed by atoms with Crippen LogP contribution in [0.3, 0.4) is 0 Å². The Kier molecular flexibility index (Phi) is 6.17. The summed E-state index contributed by atoms with van der Waals surface area (Å²) >= 11 is 6.23. The maximum absolute atomic E-state index is 12.7. The predicted octanol–water partition coefficient (Wildman–Crippen LogP) is 5.47. The van der Waals surface area contributed by atoms with Crippen molar-refractivity contribution < 1.29 is 14.3 Å². The van der Waals surface area contributed by atoms with Gasteiger partial charge in [-0.15, -0.1) is 0 Å². The van der Waals surface area contributed by atoms with E-state index in [1.165, 1.54) is 6.92 Å². The highest BCUT2D eigenvalue weighted by Crippen LogP contribution is 2.41. The van der Waals surface area contributed by atoms with Gasteiger partial charge in [-0.05, 0) is 24.7 Å². The van der Waals surface area contributed by atoms with Crippen molar-refractivity contribution in [3.63, 3.8) is 0 Å². The third-order valence-electron chi connectivity index (χ3n) is 4.27. The molecule has 4 heteroatoms. The van der Waals surface area contributed by atoms with Crippen LogP contribution in [0.5, 0.6) is 5.75 Å². The molecule has 0 aliphatic carbocycles. The number of benzene rings is 1. The number of Topliss-reactive ketones (excluding diaryl/α,β-unsaturated/α-hetero) is 1. The summed E-state index contributed by atoms with van der Waals surface area (Å²) in [6.45, 7) is 17.6. The molecule has 0 aliphatic rings. The average Bonchev–Trinajstić information content (AvgIpc) is 2.45. The molecular formula is C21H31ClO3. The monoisotopic (exact) mass is 366 g/mol. The van der Waals surface area contributed by atoms with Crippen molar-refractivity contribution in [3.8, 4) is 5.75 Å². The topological polar surface area (TPSA) is 43.4 Å². The van der Waals surface area contributed by atoms with Crippen molar-refractivity contribution in [2.45, 2.75) is 84.4 Å². The van der Waals surface area contributed by atoms with E-state index in [0.717, 1.165) is 16.7 Å². The fourth-order valence-corrected chi connectivity index (χ4v) is 2.80. The Morgan fingerprint density at radius 2 is 1.36 bits per heavy atom. The van der Waals surface area contributed by atoms with E-state index in [1.807, 2.05) is 19.1 Å². The Labute approximate surface area is 157 Å². The molecule has 1 rings (SSSR count). The lowest BCUT2D eigenvalue weighted by Crippen LogP contribution is -2.41. The molecule has 0 saturated carbocycles. The van der Waals surface area contributed by atoms with Crippen molar-refractivity contribution in [1.82, 2.24) is 0 Å². The molecule has 0 radical (unpaired) electrons. The van der Waals surface area contributed by atoms with E-state index in [4.69, 9.17) is 16.3 Å². The Morgan fingerprint density at radius 3 is 1.68 bits per heavy atom. The maximum atomic E-state index is 12.7. The Hall–Kier alpha value is -1.35. The van der Waals surface area contributed by atoms with Crippen LogP contribution in [-0.4, -0.2) is 16.6 Å². The van der Waals surface area contributed by atoms with Gasteiger partial charge in [-0.1, -0.05) is 77.8 Å². The maximum Gasteiger partial charge on any atom is 0.340 e. The second kappa shape index (κ2) is 7.11. The molecule has 0 spiro atoms. The smallest absolute Gasteiger partial charge is 0.340 e. The fourth-order valence-electron chi connectivity index (χ4n) is 2.63. The van der Waals surface area contributed by atoms with E-state index >= 15 is 0 Å². The predicted molar refractivity (Wildman–Crippen MR) is 104 cm³/mol. The van der Waals surface area contributed by atoms with Crippen molar-refractivity contribution in [2.75, 3.05) is 0 Å². The zero-order chi connectivity index (χ0) is 19.8. The number of halogens is 1. The normalized spacial score (nSPS) is 14.8. The molecule has 0 fully saturated rings. The number of carbonyl (C=O) groups is 2. The standard InChI is InChI=1S/C21H31ClO3/c1-10-16(23)21(9,22)18(24)25-17-14(19(3,4)5)11-13(2)12-15(17)20(6,7)8/h11-12H,10H2,1-9H3. The summed E-state index contributed by atoms with van der Waals surface area (Å²) in [5.41, 5.74) is 2.52.